The van der Waals surface area contributed by atoms with Crippen LogP contribution in [0.3, 0.4) is 0 Å². The van der Waals surface area contributed by atoms with E-state index in [-0.39, 0.29) is 5.91 Å². The number of aromatic nitrogens is 5. The van der Waals surface area contributed by atoms with Gasteiger partial charge in [-0.15, -0.1) is 0 Å². The Kier molecular flexibility index (Phi) is 5.32. The Balaban J connectivity index is 1.16. The van der Waals surface area contributed by atoms with E-state index in [4.69, 9.17) is 0 Å². The zero-order valence-corrected chi connectivity index (χ0v) is 17.9. The van der Waals surface area contributed by atoms with Gasteiger partial charge in [-0.3, -0.25) is 14.6 Å². The molecule has 1 amide bonds. The summed E-state index contributed by atoms with van der Waals surface area (Å²) in [6.45, 7) is 2.72. The third-order valence-electron chi connectivity index (χ3n) is 6.39. The summed E-state index contributed by atoms with van der Waals surface area (Å²) < 4.78 is 4.15. The SMILES string of the molecule is Cn1ccc(CCC(=O)N2CCC(Cn3ccc4cc(-c5cn[nH]c5)ccc43)CC2)n1. The molecule has 0 spiro atoms. The van der Waals surface area contributed by atoms with Gasteiger partial charge in [-0.05, 0) is 48.6 Å². The predicted molar refractivity (Wildman–Crippen MR) is 120 cm³/mol. The first kappa shape index (κ1) is 19.6. The molecule has 1 N–H and O–H groups in total. The van der Waals surface area contributed by atoms with E-state index in [1.165, 1.54) is 16.5 Å². The second kappa shape index (κ2) is 8.41. The monoisotopic (exact) mass is 416 g/mol. The number of nitrogens with one attached hydrogen (secondary N) is 1. The van der Waals surface area contributed by atoms with E-state index in [0.717, 1.165) is 50.2 Å². The van der Waals surface area contributed by atoms with E-state index >= 15 is 0 Å². The fourth-order valence-electron chi connectivity index (χ4n) is 4.58. The fourth-order valence-corrected chi connectivity index (χ4v) is 4.58. The van der Waals surface area contributed by atoms with Crippen molar-refractivity contribution in [1.82, 2.24) is 29.4 Å². The molecule has 4 heterocycles. The minimum atomic E-state index is 0.252. The molecule has 7 heteroatoms. The summed E-state index contributed by atoms with van der Waals surface area (Å²) in [5.41, 5.74) is 4.54. The molecule has 0 atom stereocenters. The van der Waals surface area contributed by atoms with Crippen LogP contribution in [-0.4, -0.2) is 48.4 Å². The first-order valence-electron chi connectivity index (χ1n) is 11.0. The highest BCUT2D eigenvalue weighted by Gasteiger charge is 2.23. The lowest BCUT2D eigenvalue weighted by atomic mass is 9.96. The van der Waals surface area contributed by atoms with Crippen LogP contribution in [0.1, 0.15) is 25.0 Å². The van der Waals surface area contributed by atoms with Gasteiger partial charge in [-0.1, -0.05) is 6.07 Å². The number of rotatable bonds is 6. The van der Waals surface area contributed by atoms with E-state index in [1.807, 2.05) is 36.6 Å². The zero-order valence-electron chi connectivity index (χ0n) is 17.9. The second-order valence-electron chi connectivity index (χ2n) is 8.53. The molecule has 0 saturated carbocycles. The van der Waals surface area contributed by atoms with Crippen molar-refractivity contribution in [2.45, 2.75) is 32.2 Å². The standard InChI is InChI=1S/C24H28N6O/c1-28-10-9-22(27-28)3-5-24(31)29-11-6-18(7-12-29)17-30-13-8-20-14-19(2-4-23(20)30)21-15-25-26-16-21/h2,4,8-10,13-16,18H,3,5-7,11-12,17H2,1H3,(H,25,26). The number of hydrogen-bond donors (Lipinski definition) is 1. The Morgan fingerprint density at radius 2 is 2.00 bits per heavy atom. The van der Waals surface area contributed by atoms with Crippen molar-refractivity contribution in [2.75, 3.05) is 13.1 Å². The zero-order chi connectivity index (χ0) is 21.2. The van der Waals surface area contributed by atoms with Crippen LogP contribution in [0, 0.1) is 5.92 Å². The van der Waals surface area contributed by atoms with Crippen molar-refractivity contribution in [3.05, 3.63) is 60.8 Å². The van der Waals surface area contributed by atoms with Gasteiger partial charge < -0.3 is 9.47 Å². The lowest BCUT2D eigenvalue weighted by molar-refractivity contribution is -0.132. The van der Waals surface area contributed by atoms with Crippen LogP contribution in [0.15, 0.2) is 55.1 Å². The molecule has 31 heavy (non-hydrogen) atoms. The van der Waals surface area contributed by atoms with Crippen molar-refractivity contribution in [1.29, 1.82) is 0 Å². The summed E-state index contributed by atoms with van der Waals surface area (Å²) in [4.78, 5) is 14.6. The van der Waals surface area contributed by atoms with Gasteiger partial charge in [0.2, 0.25) is 5.91 Å². The quantitative estimate of drug-likeness (QED) is 0.522. The number of aryl methyl sites for hydroxylation is 2. The Bertz CT molecular complexity index is 1160. The van der Waals surface area contributed by atoms with Crippen LogP contribution in [0.5, 0.6) is 0 Å². The molecule has 3 aromatic heterocycles. The minimum absolute atomic E-state index is 0.252. The van der Waals surface area contributed by atoms with E-state index in [9.17, 15) is 4.79 Å². The largest absolute Gasteiger partial charge is 0.347 e. The number of carbonyl (C=O) groups is 1. The van der Waals surface area contributed by atoms with Crippen LogP contribution in [0.2, 0.25) is 0 Å². The van der Waals surface area contributed by atoms with Gasteiger partial charge in [0.15, 0.2) is 0 Å². The Hall–Kier alpha value is -3.35. The van der Waals surface area contributed by atoms with Gasteiger partial charge in [0.1, 0.15) is 0 Å². The van der Waals surface area contributed by atoms with Gasteiger partial charge in [0.25, 0.3) is 0 Å². The van der Waals surface area contributed by atoms with Crippen LogP contribution in [0.4, 0.5) is 0 Å². The molecule has 0 radical (unpaired) electrons. The van der Waals surface area contributed by atoms with Crippen molar-refractivity contribution < 1.29 is 4.79 Å². The van der Waals surface area contributed by atoms with Crippen LogP contribution in [-0.2, 0) is 24.8 Å². The molecule has 5 rings (SSSR count). The molecule has 4 aromatic rings. The molecule has 0 unspecified atom stereocenters. The third-order valence-corrected chi connectivity index (χ3v) is 6.39. The number of aromatic amines is 1. The van der Waals surface area contributed by atoms with Gasteiger partial charge >= 0.3 is 0 Å². The Morgan fingerprint density at radius 1 is 1.13 bits per heavy atom. The number of amides is 1. The molecule has 1 aromatic carbocycles. The molecule has 1 aliphatic heterocycles. The molecule has 1 aliphatic rings. The number of fused-ring (bicyclic) bond motifs is 1. The molecule has 1 saturated heterocycles. The number of nitrogens with zero attached hydrogens (tertiary/aromatic N) is 5. The van der Waals surface area contributed by atoms with E-state index in [1.54, 1.807) is 4.68 Å². The summed E-state index contributed by atoms with van der Waals surface area (Å²) in [6, 6.07) is 10.8. The normalized spacial score (nSPS) is 15.1. The molecular formula is C24H28N6O. The smallest absolute Gasteiger partial charge is 0.222 e. The maximum atomic E-state index is 12.6. The maximum Gasteiger partial charge on any atom is 0.222 e. The minimum Gasteiger partial charge on any atom is -0.347 e. The highest BCUT2D eigenvalue weighted by Crippen LogP contribution is 2.27. The predicted octanol–water partition coefficient (Wildman–Crippen LogP) is 3.64. The summed E-state index contributed by atoms with van der Waals surface area (Å²) in [6.07, 6.45) is 11.3. The maximum absolute atomic E-state index is 12.6. The van der Waals surface area contributed by atoms with Crippen molar-refractivity contribution in [3.8, 4) is 11.1 Å². The number of benzene rings is 1. The number of carbonyl (C=O) groups excluding carboxylic acids is 1. The van der Waals surface area contributed by atoms with Crippen LogP contribution in [0.25, 0.3) is 22.0 Å². The highest BCUT2D eigenvalue weighted by atomic mass is 16.2. The fraction of sp³-hybridized carbons (Fsp3) is 0.375. The van der Waals surface area contributed by atoms with E-state index < -0.39 is 0 Å². The third kappa shape index (κ3) is 4.26. The first-order chi connectivity index (χ1) is 15.2. The van der Waals surface area contributed by atoms with Gasteiger partial charge in [0.05, 0.1) is 11.9 Å². The van der Waals surface area contributed by atoms with Crippen molar-refractivity contribution >= 4 is 16.8 Å². The summed E-state index contributed by atoms with van der Waals surface area (Å²) in [5.74, 6) is 0.853. The van der Waals surface area contributed by atoms with Gasteiger partial charge in [-0.2, -0.15) is 10.2 Å². The molecule has 7 nitrogen and oxygen atoms in total. The van der Waals surface area contributed by atoms with E-state index in [0.29, 0.717) is 12.3 Å². The molecule has 160 valence electrons. The highest BCUT2D eigenvalue weighted by molar-refractivity contribution is 5.85. The molecule has 0 aliphatic carbocycles. The summed E-state index contributed by atoms with van der Waals surface area (Å²) in [7, 11) is 1.91. The number of H-pyrrole nitrogens is 1. The second-order valence-corrected chi connectivity index (χ2v) is 8.53. The van der Waals surface area contributed by atoms with Crippen LogP contribution < -0.4 is 0 Å². The Labute approximate surface area is 181 Å². The number of hydrogen-bond acceptors (Lipinski definition) is 3. The summed E-state index contributed by atoms with van der Waals surface area (Å²) in [5, 5.41) is 12.5. The summed E-state index contributed by atoms with van der Waals surface area (Å²) >= 11 is 0. The van der Waals surface area contributed by atoms with Crippen molar-refractivity contribution in [3.63, 3.8) is 0 Å². The first-order valence-corrected chi connectivity index (χ1v) is 11.0. The van der Waals surface area contributed by atoms with E-state index in [2.05, 4.69) is 50.3 Å². The topological polar surface area (TPSA) is 71.7 Å². The number of piperidine rings is 1. The average molecular weight is 417 g/mol. The average Bonchev–Trinajstić information content (AvgIpc) is 3.54. The van der Waals surface area contributed by atoms with Gasteiger partial charge in [-0.25, -0.2) is 0 Å². The van der Waals surface area contributed by atoms with Crippen molar-refractivity contribution in [2.24, 2.45) is 13.0 Å². The molecule has 1 fully saturated rings. The lowest BCUT2D eigenvalue weighted by Crippen LogP contribution is -2.39. The van der Waals surface area contributed by atoms with Gasteiger partial charge in [0, 0.05) is 74.6 Å². The lowest BCUT2D eigenvalue weighted by Gasteiger charge is -2.32. The Morgan fingerprint density at radius 3 is 2.74 bits per heavy atom. The molecular weight excluding hydrogens is 388 g/mol. The molecule has 0 bridgehead atoms. The number of likely N-dealkylation sites (tertiary alicyclic amines) is 1. The van der Waals surface area contributed by atoms with Crippen LogP contribution >= 0.6 is 0 Å².